The van der Waals surface area contributed by atoms with Gasteiger partial charge in [0, 0.05) is 13.0 Å². The van der Waals surface area contributed by atoms with E-state index in [0.717, 1.165) is 7.05 Å². The molecule has 1 aromatic carbocycles. The third-order valence-corrected chi connectivity index (χ3v) is 4.40. The fourth-order valence-electron chi connectivity index (χ4n) is 2.97. The number of hydrogen-bond donors (Lipinski definition) is 2. The first-order chi connectivity index (χ1) is 14.3. The van der Waals surface area contributed by atoms with Crippen molar-refractivity contribution in [2.45, 2.75) is 36.7 Å². The minimum Gasteiger partial charge on any atom is -0.372 e. The maximum atomic E-state index is 13.2. The summed E-state index contributed by atoms with van der Waals surface area (Å²) in [4.78, 5) is 19.2. The largest absolute Gasteiger partial charge is 0.411 e. The Bertz CT molecular complexity index is 888. The number of ether oxygens (including phenoxy) is 1. The number of nitrogens with zero attached hydrogens (tertiary/aromatic N) is 2. The number of fused-ring (bicyclic) bond motifs is 1. The molecule has 0 saturated carbocycles. The molecule has 0 aliphatic rings. The minimum absolute atomic E-state index is 0.0880. The number of aromatic nitrogens is 2. The van der Waals surface area contributed by atoms with Gasteiger partial charge in [-0.3, -0.25) is 4.79 Å². The Morgan fingerprint density at radius 2 is 1.94 bits per heavy atom. The molecule has 1 atom stereocenters. The number of aromatic amines is 1. The lowest BCUT2D eigenvalue weighted by molar-refractivity contribution is -0.173. The number of likely N-dealkylation sites (N-methyl/N-ethyl adjacent to an activating group) is 1. The number of hydrogen-bond acceptors (Lipinski definition) is 4. The second-order valence-corrected chi connectivity index (χ2v) is 6.84. The second-order valence-electron chi connectivity index (χ2n) is 6.84. The summed E-state index contributed by atoms with van der Waals surface area (Å²) in [5.41, 5.74) is 1.35. The first-order valence-electron chi connectivity index (χ1n) is 8.93. The maximum absolute atomic E-state index is 13.2. The number of H-pyrrole nitrogens is 1. The summed E-state index contributed by atoms with van der Waals surface area (Å²) in [6.07, 6.45) is -9.02. The highest BCUT2D eigenvalue weighted by Crippen LogP contribution is 2.29. The smallest absolute Gasteiger partial charge is 0.372 e. The molecule has 2 N–H and O–H groups in total. The number of halogens is 6. The Labute approximate surface area is 176 Å². The average Bonchev–Trinajstić information content (AvgIpc) is 3.03. The van der Waals surface area contributed by atoms with E-state index in [0.29, 0.717) is 27.3 Å². The first kappa shape index (κ1) is 25.1. The Morgan fingerprint density at radius 3 is 2.48 bits per heavy atom. The van der Waals surface area contributed by atoms with Crippen LogP contribution in [0.25, 0.3) is 11.0 Å². The number of imidazole rings is 1. The van der Waals surface area contributed by atoms with Crippen LogP contribution < -0.4 is 5.32 Å². The molecular formula is C17H18B2F6N4O2. The van der Waals surface area contributed by atoms with Crippen molar-refractivity contribution >= 4 is 33.1 Å². The maximum Gasteiger partial charge on any atom is 0.411 e. The van der Waals surface area contributed by atoms with E-state index in [1.54, 1.807) is 0 Å². The van der Waals surface area contributed by atoms with E-state index >= 15 is 0 Å². The number of carbonyl (C=O) groups excluding carboxylic acids is 1. The van der Waals surface area contributed by atoms with E-state index < -0.39 is 30.3 Å². The van der Waals surface area contributed by atoms with Gasteiger partial charge in [0.1, 0.15) is 18.5 Å². The normalized spacial score (nSPS) is 14.0. The van der Waals surface area contributed by atoms with Gasteiger partial charge in [0.15, 0.2) is 0 Å². The third-order valence-electron chi connectivity index (χ3n) is 4.40. The van der Waals surface area contributed by atoms with E-state index in [1.165, 1.54) is 18.2 Å². The Kier molecular flexibility index (Phi) is 7.69. The number of alkyl halides is 6. The number of nitrogens with one attached hydrogen (secondary N) is 2. The predicted octanol–water partition coefficient (Wildman–Crippen LogP) is 1.78. The van der Waals surface area contributed by atoms with Crippen molar-refractivity contribution in [3.8, 4) is 0 Å². The molecule has 14 heteroatoms. The highest BCUT2D eigenvalue weighted by molar-refractivity contribution is 6.41. The summed E-state index contributed by atoms with van der Waals surface area (Å²) in [5, 5.41) is -0.595. The van der Waals surface area contributed by atoms with Gasteiger partial charge in [-0.2, -0.15) is 26.3 Å². The SMILES string of the molecule is [B]C([B])(C(NC)C(F)(F)F)N(C=O)Cc1ccc2nc(CCOCC(F)(F)F)[nH]c2c1. The minimum atomic E-state index is -4.81. The molecule has 1 heterocycles. The summed E-state index contributed by atoms with van der Waals surface area (Å²) in [6, 6.07) is 2.20. The molecule has 0 bridgehead atoms. The molecule has 2 rings (SSSR count). The highest BCUT2D eigenvalue weighted by Gasteiger charge is 2.49. The zero-order chi connectivity index (χ0) is 23.4. The molecule has 1 unspecified atom stereocenters. The van der Waals surface area contributed by atoms with E-state index in [4.69, 9.17) is 15.7 Å². The van der Waals surface area contributed by atoms with Crippen molar-refractivity contribution in [2.75, 3.05) is 20.3 Å². The molecule has 6 nitrogen and oxygen atoms in total. The quantitative estimate of drug-likeness (QED) is 0.253. The Balaban J connectivity index is 2.12. The topological polar surface area (TPSA) is 70.2 Å². The molecular weight excluding hydrogens is 428 g/mol. The lowest BCUT2D eigenvalue weighted by Gasteiger charge is -2.44. The Morgan fingerprint density at radius 1 is 1.26 bits per heavy atom. The Hall–Kier alpha value is -2.21. The van der Waals surface area contributed by atoms with Crippen LogP contribution in [0.15, 0.2) is 18.2 Å². The summed E-state index contributed by atoms with van der Waals surface area (Å²) in [5.74, 6) is 0.362. The van der Waals surface area contributed by atoms with Gasteiger partial charge in [-0.1, -0.05) is 6.07 Å². The van der Waals surface area contributed by atoms with E-state index in [-0.39, 0.29) is 26.0 Å². The molecule has 0 aliphatic heterocycles. The van der Waals surface area contributed by atoms with Gasteiger partial charge < -0.3 is 19.9 Å². The molecule has 1 amide bonds. The predicted molar refractivity (Wildman–Crippen MR) is 101 cm³/mol. The third kappa shape index (κ3) is 6.63. The summed E-state index contributed by atoms with van der Waals surface area (Å²) >= 11 is 0. The lowest BCUT2D eigenvalue weighted by Crippen LogP contribution is -2.66. The van der Waals surface area contributed by atoms with E-state index in [1.807, 2.05) is 5.32 Å². The van der Waals surface area contributed by atoms with Gasteiger partial charge in [0.2, 0.25) is 6.41 Å². The zero-order valence-corrected chi connectivity index (χ0v) is 16.3. The highest BCUT2D eigenvalue weighted by atomic mass is 19.4. The number of benzene rings is 1. The molecule has 2 aromatic rings. The second kappa shape index (κ2) is 9.51. The molecule has 0 fully saturated rings. The van der Waals surface area contributed by atoms with Crippen LogP contribution in [0, 0.1) is 0 Å². The molecule has 166 valence electrons. The van der Waals surface area contributed by atoms with Gasteiger partial charge in [0.05, 0.1) is 33.3 Å². The van der Waals surface area contributed by atoms with Crippen LogP contribution >= 0.6 is 0 Å². The van der Waals surface area contributed by atoms with Crippen LogP contribution in [0.5, 0.6) is 0 Å². The van der Waals surface area contributed by atoms with E-state index in [9.17, 15) is 31.1 Å². The van der Waals surface area contributed by atoms with Gasteiger partial charge >= 0.3 is 12.4 Å². The van der Waals surface area contributed by atoms with Crippen LogP contribution in [0.4, 0.5) is 26.3 Å². The number of rotatable bonds is 10. The molecule has 0 spiro atoms. The zero-order valence-electron chi connectivity index (χ0n) is 16.3. The van der Waals surface area contributed by atoms with Gasteiger partial charge in [-0.15, -0.1) is 0 Å². The summed E-state index contributed by atoms with van der Waals surface area (Å²) < 4.78 is 80.4. The van der Waals surface area contributed by atoms with Crippen molar-refractivity contribution in [1.29, 1.82) is 0 Å². The summed E-state index contributed by atoms with van der Waals surface area (Å²) in [7, 11) is 12.3. The first-order valence-corrected chi connectivity index (χ1v) is 8.93. The van der Waals surface area contributed by atoms with Crippen molar-refractivity contribution < 1.29 is 35.9 Å². The number of carbonyl (C=O) groups is 1. The van der Waals surface area contributed by atoms with Gasteiger partial charge in [-0.05, 0) is 30.1 Å². The average molecular weight is 446 g/mol. The van der Waals surface area contributed by atoms with Crippen LogP contribution in [-0.2, 0) is 22.5 Å². The molecule has 1 aromatic heterocycles. The van der Waals surface area contributed by atoms with Gasteiger partial charge in [0.25, 0.3) is 0 Å². The van der Waals surface area contributed by atoms with Crippen molar-refractivity contribution in [2.24, 2.45) is 0 Å². The van der Waals surface area contributed by atoms with Crippen LogP contribution in [0.2, 0.25) is 0 Å². The van der Waals surface area contributed by atoms with Crippen LogP contribution in [-0.4, -0.2) is 81.0 Å². The fourth-order valence-corrected chi connectivity index (χ4v) is 2.97. The van der Waals surface area contributed by atoms with Crippen LogP contribution in [0.3, 0.4) is 0 Å². The van der Waals surface area contributed by atoms with Crippen molar-refractivity contribution in [1.82, 2.24) is 20.2 Å². The monoisotopic (exact) mass is 446 g/mol. The number of amides is 1. The standard InChI is InChI=1S/C17H18B2F6N4O2/c1-26-14(17(23,24)25)16(18,19)29(9-30)7-10-2-3-11-12(6-10)28-13(27-11)4-5-31-8-15(20,21)22/h2-3,6,9,14,26H,4-5,7-8H2,1H3,(H,27,28). The molecule has 0 aliphatic carbocycles. The molecule has 0 saturated heterocycles. The fraction of sp³-hybridized carbons (Fsp3) is 0.529. The molecule has 31 heavy (non-hydrogen) atoms. The van der Waals surface area contributed by atoms with Crippen molar-refractivity contribution in [3.05, 3.63) is 29.6 Å². The van der Waals surface area contributed by atoms with E-state index in [2.05, 4.69) is 14.7 Å². The van der Waals surface area contributed by atoms with Gasteiger partial charge in [-0.25, -0.2) is 4.98 Å². The summed E-state index contributed by atoms with van der Waals surface area (Å²) in [6.45, 7) is -1.91. The molecule has 4 radical (unpaired) electrons. The lowest BCUT2D eigenvalue weighted by atomic mass is 9.56. The van der Waals surface area contributed by atoms with Crippen LogP contribution in [0.1, 0.15) is 11.4 Å². The van der Waals surface area contributed by atoms with Crippen molar-refractivity contribution in [3.63, 3.8) is 0 Å².